The first-order valence-electron chi connectivity index (χ1n) is 7.40. The topological polar surface area (TPSA) is 12.0 Å². The SMILES string of the molecule is CCC(CC)(CNC(C)(C)C)Cc1ccc(Cl)cc1Cl. The van der Waals surface area contributed by atoms with Gasteiger partial charge in [0.2, 0.25) is 0 Å². The Kier molecular flexibility index (Phi) is 6.37. The number of nitrogens with one attached hydrogen (secondary N) is 1. The van der Waals surface area contributed by atoms with Gasteiger partial charge in [0.1, 0.15) is 0 Å². The molecule has 0 saturated heterocycles. The van der Waals surface area contributed by atoms with Gasteiger partial charge >= 0.3 is 0 Å². The van der Waals surface area contributed by atoms with Crippen LogP contribution in [0.15, 0.2) is 18.2 Å². The molecule has 0 fully saturated rings. The molecule has 0 unspecified atom stereocenters. The summed E-state index contributed by atoms with van der Waals surface area (Å²) in [5, 5.41) is 5.12. The molecule has 114 valence electrons. The fraction of sp³-hybridized carbons (Fsp3) is 0.647. The Morgan fingerprint density at radius 2 is 1.65 bits per heavy atom. The van der Waals surface area contributed by atoms with E-state index in [0.717, 1.165) is 30.8 Å². The molecule has 20 heavy (non-hydrogen) atoms. The third-order valence-electron chi connectivity index (χ3n) is 4.07. The molecule has 1 nitrogen and oxygen atoms in total. The molecule has 1 aromatic carbocycles. The van der Waals surface area contributed by atoms with Crippen molar-refractivity contribution in [1.29, 1.82) is 0 Å². The highest BCUT2D eigenvalue weighted by Crippen LogP contribution is 2.34. The van der Waals surface area contributed by atoms with E-state index in [4.69, 9.17) is 23.2 Å². The molecule has 0 aromatic heterocycles. The van der Waals surface area contributed by atoms with Crippen LogP contribution < -0.4 is 5.32 Å². The Hall–Kier alpha value is -0.240. The zero-order valence-electron chi connectivity index (χ0n) is 13.3. The molecule has 0 amide bonds. The molecule has 1 rings (SSSR count). The van der Waals surface area contributed by atoms with Crippen LogP contribution in [0.3, 0.4) is 0 Å². The maximum absolute atomic E-state index is 6.33. The van der Waals surface area contributed by atoms with Gasteiger partial charge in [-0.15, -0.1) is 0 Å². The molecule has 0 saturated carbocycles. The third kappa shape index (κ3) is 5.27. The number of benzene rings is 1. The highest BCUT2D eigenvalue weighted by atomic mass is 35.5. The van der Waals surface area contributed by atoms with Crippen LogP contribution in [0.1, 0.15) is 53.0 Å². The van der Waals surface area contributed by atoms with Gasteiger partial charge in [-0.1, -0.05) is 43.1 Å². The molecule has 0 bridgehead atoms. The molecule has 1 aromatic rings. The van der Waals surface area contributed by atoms with E-state index in [1.807, 2.05) is 12.1 Å². The average Bonchev–Trinajstić information content (AvgIpc) is 2.36. The first kappa shape index (κ1) is 17.8. The van der Waals surface area contributed by atoms with Crippen LogP contribution in [-0.2, 0) is 6.42 Å². The molecule has 0 aliphatic rings. The van der Waals surface area contributed by atoms with Crippen molar-refractivity contribution in [2.45, 2.75) is 59.4 Å². The summed E-state index contributed by atoms with van der Waals surface area (Å²) in [7, 11) is 0. The van der Waals surface area contributed by atoms with E-state index < -0.39 is 0 Å². The first-order valence-corrected chi connectivity index (χ1v) is 8.16. The molecular formula is C17H27Cl2N. The number of halogens is 2. The highest BCUT2D eigenvalue weighted by Gasteiger charge is 2.28. The summed E-state index contributed by atoms with van der Waals surface area (Å²) in [4.78, 5) is 0. The summed E-state index contributed by atoms with van der Waals surface area (Å²) in [6.07, 6.45) is 3.25. The Morgan fingerprint density at radius 1 is 1.05 bits per heavy atom. The van der Waals surface area contributed by atoms with Gasteiger partial charge in [0.15, 0.2) is 0 Å². The molecule has 0 atom stereocenters. The van der Waals surface area contributed by atoms with Gasteiger partial charge in [-0.05, 0) is 63.1 Å². The fourth-order valence-corrected chi connectivity index (χ4v) is 2.81. The van der Waals surface area contributed by atoms with Gasteiger partial charge in [-0.3, -0.25) is 0 Å². The monoisotopic (exact) mass is 315 g/mol. The average molecular weight is 316 g/mol. The molecular weight excluding hydrogens is 289 g/mol. The normalized spacial score (nSPS) is 12.8. The van der Waals surface area contributed by atoms with E-state index in [0.29, 0.717) is 5.02 Å². The van der Waals surface area contributed by atoms with Crippen molar-refractivity contribution < 1.29 is 0 Å². The zero-order valence-corrected chi connectivity index (χ0v) is 14.8. The van der Waals surface area contributed by atoms with Crippen LogP contribution in [-0.4, -0.2) is 12.1 Å². The fourth-order valence-electron chi connectivity index (χ4n) is 2.33. The van der Waals surface area contributed by atoms with Crippen molar-refractivity contribution >= 4 is 23.2 Å². The number of hydrogen-bond acceptors (Lipinski definition) is 1. The van der Waals surface area contributed by atoms with E-state index >= 15 is 0 Å². The molecule has 0 radical (unpaired) electrons. The van der Waals surface area contributed by atoms with Crippen LogP contribution in [0.5, 0.6) is 0 Å². The molecule has 0 aliphatic carbocycles. The predicted octanol–water partition coefficient (Wildman–Crippen LogP) is 5.73. The lowest BCUT2D eigenvalue weighted by Crippen LogP contribution is -2.44. The van der Waals surface area contributed by atoms with Gasteiger partial charge in [0, 0.05) is 22.1 Å². The molecule has 1 N–H and O–H groups in total. The largest absolute Gasteiger partial charge is 0.312 e. The van der Waals surface area contributed by atoms with E-state index in [9.17, 15) is 0 Å². The molecule has 0 spiro atoms. The summed E-state index contributed by atoms with van der Waals surface area (Å²) >= 11 is 12.3. The minimum absolute atomic E-state index is 0.138. The van der Waals surface area contributed by atoms with E-state index in [1.54, 1.807) is 0 Å². The summed E-state index contributed by atoms with van der Waals surface area (Å²) in [5.41, 5.74) is 1.57. The Bertz CT molecular complexity index is 431. The minimum Gasteiger partial charge on any atom is -0.312 e. The standard InChI is InChI=1S/C17H27Cl2N/c1-6-17(7-2,12-20-16(3,4)5)11-13-8-9-14(18)10-15(13)19/h8-10,20H,6-7,11-12H2,1-5H3. The third-order valence-corrected chi connectivity index (χ3v) is 4.66. The van der Waals surface area contributed by atoms with Gasteiger partial charge in [-0.2, -0.15) is 0 Å². The summed E-state index contributed by atoms with van der Waals surface area (Å²) in [6.45, 7) is 12.1. The van der Waals surface area contributed by atoms with E-state index in [1.165, 1.54) is 5.56 Å². The summed E-state index contributed by atoms with van der Waals surface area (Å²) in [5.74, 6) is 0. The van der Waals surface area contributed by atoms with Crippen LogP contribution in [0, 0.1) is 5.41 Å². The van der Waals surface area contributed by atoms with Crippen molar-refractivity contribution in [3.63, 3.8) is 0 Å². The van der Waals surface area contributed by atoms with Crippen LogP contribution in [0.2, 0.25) is 10.0 Å². The first-order chi connectivity index (χ1) is 9.21. The van der Waals surface area contributed by atoms with Crippen molar-refractivity contribution in [3.05, 3.63) is 33.8 Å². The molecule has 3 heteroatoms. The molecule has 0 aliphatic heterocycles. The van der Waals surface area contributed by atoms with Gasteiger partial charge in [-0.25, -0.2) is 0 Å². The quantitative estimate of drug-likeness (QED) is 0.706. The lowest BCUT2D eigenvalue weighted by Gasteiger charge is -2.36. The maximum atomic E-state index is 6.33. The summed E-state index contributed by atoms with van der Waals surface area (Å²) < 4.78 is 0. The maximum Gasteiger partial charge on any atom is 0.0453 e. The second-order valence-corrected chi connectivity index (χ2v) is 7.57. The van der Waals surface area contributed by atoms with Crippen LogP contribution >= 0.6 is 23.2 Å². The predicted molar refractivity (Wildman–Crippen MR) is 90.9 cm³/mol. The van der Waals surface area contributed by atoms with Gasteiger partial charge < -0.3 is 5.32 Å². The highest BCUT2D eigenvalue weighted by molar-refractivity contribution is 6.35. The Morgan fingerprint density at radius 3 is 2.10 bits per heavy atom. The lowest BCUT2D eigenvalue weighted by atomic mass is 9.76. The minimum atomic E-state index is 0.138. The number of rotatable bonds is 6. The van der Waals surface area contributed by atoms with Crippen LogP contribution in [0.25, 0.3) is 0 Å². The Balaban J connectivity index is 2.90. The lowest BCUT2D eigenvalue weighted by molar-refractivity contribution is 0.220. The van der Waals surface area contributed by atoms with E-state index in [2.05, 4.69) is 46.0 Å². The summed E-state index contributed by atoms with van der Waals surface area (Å²) in [6, 6.07) is 5.82. The van der Waals surface area contributed by atoms with Crippen LogP contribution in [0.4, 0.5) is 0 Å². The van der Waals surface area contributed by atoms with Crippen molar-refractivity contribution in [3.8, 4) is 0 Å². The van der Waals surface area contributed by atoms with Crippen molar-refractivity contribution in [2.24, 2.45) is 5.41 Å². The Labute approximate surface area is 134 Å². The number of hydrogen-bond donors (Lipinski definition) is 1. The second kappa shape index (κ2) is 7.15. The van der Waals surface area contributed by atoms with Gasteiger partial charge in [0.25, 0.3) is 0 Å². The smallest absolute Gasteiger partial charge is 0.0453 e. The van der Waals surface area contributed by atoms with Crippen molar-refractivity contribution in [1.82, 2.24) is 5.32 Å². The van der Waals surface area contributed by atoms with Crippen molar-refractivity contribution in [2.75, 3.05) is 6.54 Å². The van der Waals surface area contributed by atoms with E-state index in [-0.39, 0.29) is 11.0 Å². The second-order valence-electron chi connectivity index (χ2n) is 6.72. The zero-order chi connectivity index (χ0) is 15.4. The van der Waals surface area contributed by atoms with Gasteiger partial charge in [0.05, 0.1) is 0 Å². The molecule has 0 heterocycles.